The molecule has 13 heteroatoms. The van der Waals surface area contributed by atoms with Crippen LogP contribution in [0.1, 0.15) is 99.0 Å². The molecule has 1 heterocycles. The number of amides is 6. The fourth-order valence-electron chi connectivity index (χ4n) is 6.33. The summed E-state index contributed by atoms with van der Waals surface area (Å²) in [6.07, 6.45) is 3.36. The largest absolute Gasteiger partial charge is 0.343 e. The van der Waals surface area contributed by atoms with Crippen LogP contribution in [-0.2, 0) is 40.0 Å². The molecule has 0 aliphatic carbocycles. The highest BCUT2D eigenvalue weighted by molar-refractivity contribution is 5.98. The maximum absolute atomic E-state index is 14.2. The van der Waals surface area contributed by atoms with Crippen molar-refractivity contribution in [3.8, 4) is 0 Å². The van der Waals surface area contributed by atoms with Crippen molar-refractivity contribution >= 4 is 41.2 Å². The summed E-state index contributed by atoms with van der Waals surface area (Å²) in [5.41, 5.74) is 0.771. The van der Waals surface area contributed by atoms with E-state index in [0.29, 0.717) is 19.5 Å². The highest BCUT2D eigenvalue weighted by atomic mass is 16.2. The van der Waals surface area contributed by atoms with Crippen molar-refractivity contribution in [3.05, 3.63) is 35.9 Å². The second kappa shape index (κ2) is 21.3. The van der Waals surface area contributed by atoms with Gasteiger partial charge >= 0.3 is 0 Å². The van der Waals surface area contributed by atoms with Gasteiger partial charge in [0.25, 0.3) is 0 Å². The van der Waals surface area contributed by atoms with Gasteiger partial charge < -0.3 is 30.7 Å². The number of nitrogens with one attached hydrogen (secondary N) is 3. The van der Waals surface area contributed by atoms with Gasteiger partial charge in [-0.15, -0.1) is 0 Å². The second-order valence-electron chi connectivity index (χ2n) is 14.7. The Morgan fingerprint density at radius 1 is 0.731 bits per heavy atom. The predicted molar refractivity (Wildman–Crippen MR) is 200 cm³/mol. The number of nitrogens with zero attached hydrogens (tertiary/aromatic N) is 3. The van der Waals surface area contributed by atoms with E-state index in [4.69, 9.17) is 0 Å². The van der Waals surface area contributed by atoms with Crippen molar-refractivity contribution in [1.82, 2.24) is 30.7 Å². The first-order valence-electron chi connectivity index (χ1n) is 18.8. The molecule has 1 saturated heterocycles. The van der Waals surface area contributed by atoms with Crippen LogP contribution in [-0.4, -0.2) is 113 Å². The van der Waals surface area contributed by atoms with E-state index in [-0.39, 0.29) is 49.2 Å². The summed E-state index contributed by atoms with van der Waals surface area (Å²) >= 11 is 0. The molecule has 2 rings (SSSR count). The van der Waals surface area contributed by atoms with Crippen molar-refractivity contribution in [1.29, 1.82) is 0 Å². The van der Waals surface area contributed by atoms with E-state index >= 15 is 0 Å². The van der Waals surface area contributed by atoms with Crippen molar-refractivity contribution < 1.29 is 33.6 Å². The number of carbonyl (C=O) groups excluding carboxylic acids is 7. The summed E-state index contributed by atoms with van der Waals surface area (Å²) in [5, 5.41) is 8.32. The van der Waals surface area contributed by atoms with Gasteiger partial charge in [-0.3, -0.25) is 33.6 Å². The first-order valence-corrected chi connectivity index (χ1v) is 18.8. The van der Waals surface area contributed by atoms with Crippen LogP contribution in [0.25, 0.3) is 0 Å². The number of likely N-dealkylation sites (tertiary alicyclic amines) is 1. The third-order valence-corrected chi connectivity index (χ3v) is 9.63. The van der Waals surface area contributed by atoms with Crippen LogP contribution in [0.2, 0.25) is 0 Å². The number of likely N-dealkylation sites (N-methyl/N-ethyl adjacent to an activating group) is 2. The molecule has 6 amide bonds. The molecule has 13 nitrogen and oxygen atoms in total. The second-order valence-corrected chi connectivity index (χ2v) is 14.7. The van der Waals surface area contributed by atoms with Crippen LogP contribution in [0.3, 0.4) is 0 Å². The van der Waals surface area contributed by atoms with Gasteiger partial charge in [0.15, 0.2) is 0 Å². The Hall–Kier alpha value is -4.29. The van der Waals surface area contributed by atoms with Crippen molar-refractivity contribution in [3.63, 3.8) is 0 Å². The van der Waals surface area contributed by atoms with Gasteiger partial charge in [0, 0.05) is 52.9 Å². The summed E-state index contributed by atoms with van der Waals surface area (Å²) < 4.78 is 0. The number of hydrogen-bond donors (Lipinski definition) is 3. The van der Waals surface area contributed by atoms with Gasteiger partial charge in [0.05, 0.1) is 0 Å². The maximum atomic E-state index is 14.2. The first-order chi connectivity index (χ1) is 24.5. The van der Waals surface area contributed by atoms with Gasteiger partial charge in [-0.2, -0.15) is 0 Å². The van der Waals surface area contributed by atoms with E-state index in [9.17, 15) is 33.6 Å². The molecular formula is C39H62N6O7. The summed E-state index contributed by atoms with van der Waals surface area (Å²) in [4.78, 5) is 98.5. The lowest BCUT2D eigenvalue weighted by Gasteiger charge is -2.34. The van der Waals surface area contributed by atoms with Gasteiger partial charge in [-0.25, -0.2) is 0 Å². The summed E-state index contributed by atoms with van der Waals surface area (Å²) in [6, 6.07) is 3.99. The Kier molecular flexibility index (Phi) is 18.0. The molecule has 1 fully saturated rings. The number of ketones is 1. The van der Waals surface area contributed by atoms with E-state index in [1.807, 2.05) is 44.2 Å². The van der Waals surface area contributed by atoms with Crippen LogP contribution in [0, 0.1) is 11.8 Å². The Morgan fingerprint density at radius 2 is 1.33 bits per heavy atom. The maximum Gasteiger partial charge on any atom is 0.246 e. The quantitative estimate of drug-likeness (QED) is 0.197. The van der Waals surface area contributed by atoms with Crippen molar-refractivity contribution in [2.24, 2.45) is 11.8 Å². The molecular weight excluding hydrogens is 664 g/mol. The zero-order chi connectivity index (χ0) is 39.1. The number of benzene rings is 1. The molecule has 0 spiro atoms. The van der Waals surface area contributed by atoms with Gasteiger partial charge in [0.2, 0.25) is 35.4 Å². The number of hydrogen-bond acceptors (Lipinski definition) is 7. The van der Waals surface area contributed by atoms with Gasteiger partial charge in [0.1, 0.15) is 36.0 Å². The third kappa shape index (κ3) is 13.0. The van der Waals surface area contributed by atoms with E-state index in [1.165, 1.54) is 16.8 Å². The minimum absolute atomic E-state index is 0.0821. The average molecular weight is 727 g/mol. The smallest absolute Gasteiger partial charge is 0.246 e. The van der Waals surface area contributed by atoms with Gasteiger partial charge in [-0.05, 0) is 50.0 Å². The lowest BCUT2D eigenvalue weighted by Crippen LogP contribution is -2.60. The molecule has 0 bridgehead atoms. The zero-order valence-corrected chi connectivity index (χ0v) is 32.7. The summed E-state index contributed by atoms with van der Waals surface area (Å²) in [7, 11) is 3.01. The fourth-order valence-corrected chi connectivity index (χ4v) is 6.33. The highest BCUT2D eigenvalue weighted by Crippen LogP contribution is 2.16. The van der Waals surface area contributed by atoms with Crippen molar-refractivity contribution in [2.75, 3.05) is 27.2 Å². The van der Waals surface area contributed by atoms with E-state index < -0.39 is 59.8 Å². The number of piperidine rings is 1. The molecule has 0 unspecified atom stereocenters. The van der Waals surface area contributed by atoms with Crippen LogP contribution in [0.4, 0.5) is 0 Å². The predicted octanol–water partition coefficient (Wildman–Crippen LogP) is 2.85. The standard InChI is InChI=1S/C39H62N6O7/c1-10-29(46)24-30(41-37(50)34(26(5)6)42-36(49)31(22-25(3)4)43(8)33(47)11-2)39(52)44(9)32(23-28-18-14-12-15-19-28)35(48)40-27(7)38(51)45-20-16-13-17-21-45/h12,14-15,18-19,25-27,30-32,34H,10-11,13,16-17,20-24H2,1-9H3,(H,40,48)(H,41,50)(H,42,49)/t27-,30-,31-,32-,34-/m0/s1. The Balaban J connectivity index is 2.38. The molecule has 5 atom stereocenters. The monoisotopic (exact) mass is 726 g/mol. The highest BCUT2D eigenvalue weighted by Gasteiger charge is 2.37. The zero-order valence-electron chi connectivity index (χ0n) is 32.7. The molecule has 0 saturated carbocycles. The first kappa shape index (κ1) is 43.9. The minimum atomic E-state index is -1.34. The van der Waals surface area contributed by atoms with Crippen LogP contribution in [0.15, 0.2) is 30.3 Å². The topological polar surface area (TPSA) is 165 Å². The SMILES string of the molecule is CCC(=O)C[C@H](NC(=O)[C@@H](NC(=O)[C@H](CC(C)C)N(C)C(=O)CC)C(C)C)C(=O)N(C)[C@@H](Cc1ccccc1)C(=O)N[C@@H](C)C(=O)N1CCCCC1. The number of Topliss-reactive ketones (excluding diaryl/α,β-unsaturated/α-hetero) is 1. The Morgan fingerprint density at radius 3 is 1.87 bits per heavy atom. The third-order valence-electron chi connectivity index (χ3n) is 9.63. The Bertz CT molecular complexity index is 1380. The van der Waals surface area contributed by atoms with Gasteiger partial charge in [-0.1, -0.05) is 71.9 Å². The summed E-state index contributed by atoms with van der Waals surface area (Å²) in [6.45, 7) is 13.6. The van der Waals surface area contributed by atoms with Crippen LogP contribution >= 0.6 is 0 Å². The van der Waals surface area contributed by atoms with E-state index in [2.05, 4.69) is 16.0 Å². The molecule has 0 aromatic heterocycles. The molecule has 52 heavy (non-hydrogen) atoms. The molecule has 1 aromatic carbocycles. The normalized spacial score (nSPS) is 15.9. The Labute approximate surface area is 310 Å². The molecule has 0 radical (unpaired) electrons. The number of rotatable bonds is 19. The average Bonchev–Trinajstić information content (AvgIpc) is 3.13. The number of carbonyl (C=O) groups is 7. The molecule has 1 aliphatic heterocycles. The lowest BCUT2D eigenvalue weighted by atomic mass is 9.98. The summed E-state index contributed by atoms with van der Waals surface area (Å²) in [5.74, 6) is -3.39. The van der Waals surface area contributed by atoms with Crippen LogP contribution in [0.5, 0.6) is 0 Å². The molecule has 3 N–H and O–H groups in total. The van der Waals surface area contributed by atoms with E-state index in [1.54, 1.807) is 46.6 Å². The molecule has 1 aliphatic rings. The van der Waals surface area contributed by atoms with Crippen molar-refractivity contribution in [2.45, 2.75) is 130 Å². The van der Waals surface area contributed by atoms with Crippen LogP contribution < -0.4 is 16.0 Å². The minimum Gasteiger partial charge on any atom is -0.343 e. The molecule has 1 aromatic rings. The lowest BCUT2D eigenvalue weighted by molar-refractivity contribution is -0.145. The van der Waals surface area contributed by atoms with E-state index in [0.717, 1.165) is 24.8 Å². The molecule has 290 valence electrons. The fraction of sp³-hybridized carbons (Fsp3) is 0.667.